The third kappa shape index (κ3) is 2.93. The first-order valence-electron chi connectivity index (χ1n) is 6.86. The van der Waals surface area contributed by atoms with Gasteiger partial charge in [0, 0.05) is 22.4 Å². The highest BCUT2D eigenvalue weighted by Gasteiger charge is 2.51. The highest BCUT2D eigenvalue weighted by molar-refractivity contribution is 9.10. The zero-order valence-electron chi connectivity index (χ0n) is 11.7. The molecule has 0 amide bonds. The minimum atomic E-state index is 0.187. The number of hydrogen-bond acceptors (Lipinski definition) is 2. The quantitative estimate of drug-likeness (QED) is 0.838. The van der Waals surface area contributed by atoms with Crippen molar-refractivity contribution in [3.8, 4) is 5.75 Å². The van der Waals surface area contributed by atoms with Crippen LogP contribution in [-0.2, 0) is 0 Å². The Bertz CT molecular complexity index is 454. The molecule has 0 spiro atoms. The standard InChI is InChI=1S/C15H21BrClNO/c1-4-15(3)13(18-5-2)9-14(15)19-12-7-6-10(16)8-11(12)17/h6-8,13-14,18H,4-5,9H2,1-3H3. The topological polar surface area (TPSA) is 21.3 Å². The molecule has 0 bridgehead atoms. The van der Waals surface area contributed by atoms with Crippen molar-refractivity contribution in [3.05, 3.63) is 27.7 Å². The van der Waals surface area contributed by atoms with Gasteiger partial charge in [-0.15, -0.1) is 0 Å². The van der Waals surface area contributed by atoms with Gasteiger partial charge in [-0.25, -0.2) is 0 Å². The Labute approximate surface area is 129 Å². The van der Waals surface area contributed by atoms with E-state index < -0.39 is 0 Å². The van der Waals surface area contributed by atoms with Crippen LogP contribution >= 0.6 is 27.5 Å². The van der Waals surface area contributed by atoms with Gasteiger partial charge in [-0.1, -0.05) is 48.3 Å². The van der Waals surface area contributed by atoms with Gasteiger partial charge in [0.05, 0.1) is 5.02 Å². The maximum Gasteiger partial charge on any atom is 0.138 e. The van der Waals surface area contributed by atoms with Crippen LogP contribution in [0.5, 0.6) is 5.75 Å². The van der Waals surface area contributed by atoms with Crippen molar-refractivity contribution in [2.24, 2.45) is 5.41 Å². The van der Waals surface area contributed by atoms with Gasteiger partial charge in [0.15, 0.2) is 0 Å². The Morgan fingerprint density at radius 2 is 2.21 bits per heavy atom. The molecule has 0 radical (unpaired) electrons. The Kier molecular flexibility index (Phi) is 4.80. The van der Waals surface area contributed by atoms with Gasteiger partial charge in [-0.2, -0.15) is 0 Å². The molecule has 0 heterocycles. The molecule has 0 saturated heterocycles. The number of rotatable bonds is 5. The number of halogens is 2. The molecule has 1 fully saturated rings. The summed E-state index contributed by atoms with van der Waals surface area (Å²) in [4.78, 5) is 0. The molecule has 1 aliphatic carbocycles. The van der Waals surface area contributed by atoms with E-state index in [0.717, 1.165) is 29.6 Å². The van der Waals surface area contributed by atoms with Crippen LogP contribution in [0.4, 0.5) is 0 Å². The number of ether oxygens (including phenoxy) is 1. The van der Waals surface area contributed by atoms with E-state index in [1.807, 2.05) is 18.2 Å². The van der Waals surface area contributed by atoms with Gasteiger partial charge in [-0.3, -0.25) is 0 Å². The second kappa shape index (κ2) is 6.02. The second-order valence-electron chi connectivity index (χ2n) is 5.39. The fraction of sp³-hybridized carbons (Fsp3) is 0.600. The van der Waals surface area contributed by atoms with Crippen LogP contribution in [0.1, 0.15) is 33.6 Å². The summed E-state index contributed by atoms with van der Waals surface area (Å²) in [5.74, 6) is 0.782. The van der Waals surface area contributed by atoms with Crippen molar-refractivity contribution in [1.29, 1.82) is 0 Å². The maximum absolute atomic E-state index is 6.22. The van der Waals surface area contributed by atoms with Gasteiger partial charge < -0.3 is 10.1 Å². The molecular formula is C15H21BrClNO. The van der Waals surface area contributed by atoms with E-state index in [1.165, 1.54) is 0 Å². The van der Waals surface area contributed by atoms with Crippen LogP contribution in [-0.4, -0.2) is 18.7 Å². The van der Waals surface area contributed by atoms with E-state index >= 15 is 0 Å². The van der Waals surface area contributed by atoms with E-state index in [2.05, 4.69) is 42.0 Å². The molecule has 1 saturated carbocycles. The number of nitrogens with one attached hydrogen (secondary N) is 1. The first-order chi connectivity index (χ1) is 9.01. The number of benzene rings is 1. The molecule has 19 heavy (non-hydrogen) atoms. The van der Waals surface area contributed by atoms with Crippen LogP contribution in [0.3, 0.4) is 0 Å². The highest BCUT2D eigenvalue weighted by atomic mass is 79.9. The minimum absolute atomic E-state index is 0.187. The summed E-state index contributed by atoms with van der Waals surface area (Å²) in [6.07, 6.45) is 2.38. The predicted molar refractivity (Wildman–Crippen MR) is 84.0 cm³/mol. The van der Waals surface area contributed by atoms with Gasteiger partial charge in [0.1, 0.15) is 11.9 Å². The Hall–Kier alpha value is -0.250. The molecule has 4 heteroatoms. The molecule has 0 aromatic heterocycles. The monoisotopic (exact) mass is 345 g/mol. The lowest BCUT2D eigenvalue weighted by molar-refractivity contribution is -0.0696. The molecule has 2 rings (SSSR count). The van der Waals surface area contributed by atoms with Gasteiger partial charge >= 0.3 is 0 Å². The average molecular weight is 347 g/mol. The molecule has 1 N–H and O–H groups in total. The van der Waals surface area contributed by atoms with Gasteiger partial charge in [0.25, 0.3) is 0 Å². The zero-order chi connectivity index (χ0) is 14.0. The van der Waals surface area contributed by atoms with Gasteiger partial charge in [-0.05, 0) is 31.2 Å². The third-order valence-electron chi connectivity index (χ3n) is 4.36. The summed E-state index contributed by atoms with van der Waals surface area (Å²) in [5.41, 5.74) is 0.187. The lowest BCUT2D eigenvalue weighted by atomic mass is 9.61. The van der Waals surface area contributed by atoms with Gasteiger partial charge in [0.2, 0.25) is 0 Å². The van der Waals surface area contributed by atoms with Crippen molar-refractivity contribution in [1.82, 2.24) is 5.32 Å². The Morgan fingerprint density at radius 3 is 2.79 bits per heavy atom. The second-order valence-corrected chi connectivity index (χ2v) is 6.71. The minimum Gasteiger partial charge on any atom is -0.488 e. The number of hydrogen-bond donors (Lipinski definition) is 1. The van der Waals surface area contributed by atoms with E-state index in [-0.39, 0.29) is 11.5 Å². The van der Waals surface area contributed by atoms with Crippen LogP contribution < -0.4 is 10.1 Å². The SMILES string of the molecule is CCNC1CC(Oc2ccc(Br)cc2Cl)C1(C)CC. The van der Waals surface area contributed by atoms with Crippen molar-refractivity contribution < 1.29 is 4.74 Å². The first-order valence-corrected chi connectivity index (χ1v) is 8.03. The largest absolute Gasteiger partial charge is 0.488 e. The molecule has 1 aromatic carbocycles. The van der Waals surface area contributed by atoms with Crippen LogP contribution in [0.15, 0.2) is 22.7 Å². The predicted octanol–water partition coefficient (Wildman–Crippen LogP) is 4.65. The fourth-order valence-electron chi connectivity index (χ4n) is 2.76. The molecule has 1 aromatic rings. The molecule has 106 valence electrons. The maximum atomic E-state index is 6.22. The summed E-state index contributed by atoms with van der Waals surface area (Å²) >= 11 is 9.63. The van der Waals surface area contributed by atoms with Crippen molar-refractivity contribution in [2.75, 3.05) is 6.54 Å². The van der Waals surface area contributed by atoms with E-state index in [0.29, 0.717) is 11.1 Å². The summed E-state index contributed by atoms with van der Waals surface area (Å²) in [7, 11) is 0. The average Bonchev–Trinajstić information content (AvgIpc) is 2.39. The first kappa shape index (κ1) is 15.1. The van der Waals surface area contributed by atoms with Crippen molar-refractivity contribution in [2.45, 2.75) is 45.8 Å². The van der Waals surface area contributed by atoms with Crippen molar-refractivity contribution >= 4 is 27.5 Å². The smallest absolute Gasteiger partial charge is 0.138 e. The molecule has 1 aliphatic rings. The molecule has 0 aliphatic heterocycles. The lowest BCUT2D eigenvalue weighted by Gasteiger charge is -2.53. The van der Waals surface area contributed by atoms with Crippen LogP contribution in [0.2, 0.25) is 5.02 Å². The lowest BCUT2D eigenvalue weighted by Crippen LogP contribution is -2.63. The van der Waals surface area contributed by atoms with E-state index in [9.17, 15) is 0 Å². The van der Waals surface area contributed by atoms with Crippen LogP contribution in [0, 0.1) is 5.41 Å². The Morgan fingerprint density at radius 1 is 1.47 bits per heavy atom. The normalized spacial score (nSPS) is 29.9. The van der Waals surface area contributed by atoms with E-state index in [1.54, 1.807) is 0 Å². The highest BCUT2D eigenvalue weighted by Crippen LogP contribution is 2.46. The summed E-state index contributed by atoms with van der Waals surface area (Å²) in [6, 6.07) is 6.32. The zero-order valence-corrected chi connectivity index (χ0v) is 14.0. The molecular weight excluding hydrogens is 326 g/mol. The van der Waals surface area contributed by atoms with Crippen molar-refractivity contribution in [3.63, 3.8) is 0 Å². The third-order valence-corrected chi connectivity index (χ3v) is 5.15. The fourth-order valence-corrected chi connectivity index (χ4v) is 3.48. The Balaban J connectivity index is 2.08. The van der Waals surface area contributed by atoms with Crippen LogP contribution in [0.25, 0.3) is 0 Å². The van der Waals surface area contributed by atoms with E-state index in [4.69, 9.17) is 16.3 Å². The molecule has 3 unspecified atom stereocenters. The molecule has 3 atom stereocenters. The molecule has 2 nitrogen and oxygen atoms in total. The summed E-state index contributed by atoms with van der Waals surface area (Å²) in [6.45, 7) is 7.67. The summed E-state index contributed by atoms with van der Waals surface area (Å²) < 4.78 is 7.10. The summed E-state index contributed by atoms with van der Waals surface area (Å²) in [5, 5.41) is 4.21.